The minimum Gasteiger partial charge on any atom is -0.508 e. The fourth-order valence-electron chi connectivity index (χ4n) is 3.29. The molecule has 3 nitrogen and oxygen atoms in total. The number of nitrogens with zero attached hydrogens (tertiary/aromatic N) is 1. The van der Waals surface area contributed by atoms with Crippen LogP contribution < -0.4 is 5.32 Å². The van der Waals surface area contributed by atoms with Crippen LogP contribution in [0.1, 0.15) is 55.8 Å². The maximum Gasteiger partial charge on any atom is 0.120 e. The van der Waals surface area contributed by atoms with E-state index in [9.17, 15) is 5.11 Å². The number of aliphatic imine (C=N–C) groups is 1. The van der Waals surface area contributed by atoms with E-state index in [1.165, 1.54) is 11.1 Å². The van der Waals surface area contributed by atoms with Gasteiger partial charge >= 0.3 is 0 Å². The van der Waals surface area contributed by atoms with Crippen molar-refractivity contribution in [1.82, 2.24) is 5.32 Å². The molecular formula is C21H26N2O. The second-order valence-corrected chi connectivity index (χ2v) is 6.41. The SMILES string of the molecule is CCCC1N=C(c2ccc(CC)cc2)CC(c2ccccc2O)N1. The molecule has 24 heavy (non-hydrogen) atoms. The van der Waals surface area contributed by atoms with Gasteiger partial charge in [0.1, 0.15) is 11.9 Å². The molecule has 0 saturated heterocycles. The first-order chi connectivity index (χ1) is 11.7. The van der Waals surface area contributed by atoms with Crippen LogP contribution in [0.25, 0.3) is 0 Å². The first-order valence-corrected chi connectivity index (χ1v) is 8.91. The number of benzene rings is 2. The maximum absolute atomic E-state index is 10.2. The lowest BCUT2D eigenvalue weighted by Gasteiger charge is -2.30. The summed E-state index contributed by atoms with van der Waals surface area (Å²) in [6.45, 7) is 4.35. The zero-order valence-electron chi connectivity index (χ0n) is 14.5. The molecule has 0 spiro atoms. The van der Waals surface area contributed by atoms with Gasteiger partial charge in [-0.15, -0.1) is 0 Å². The summed E-state index contributed by atoms with van der Waals surface area (Å²) in [5.41, 5.74) is 4.62. The molecule has 2 atom stereocenters. The van der Waals surface area contributed by atoms with E-state index >= 15 is 0 Å². The van der Waals surface area contributed by atoms with Crippen LogP contribution in [0.3, 0.4) is 0 Å². The van der Waals surface area contributed by atoms with E-state index in [4.69, 9.17) is 4.99 Å². The molecule has 2 unspecified atom stereocenters. The topological polar surface area (TPSA) is 44.6 Å². The van der Waals surface area contributed by atoms with Crippen molar-refractivity contribution in [2.24, 2.45) is 4.99 Å². The number of rotatable bonds is 5. The Hall–Kier alpha value is -2.13. The highest BCUT2D eigenvalue weighted by molar-refractivity contribution is 6.01. The fourth-order valence-corrected chi connectivity index (χ4v) is 3.29. The van der Waals surface area contributed by atoms with Gasteiger partial charge in [0.2, 0.25) is 0 Å². The number of hydrogen-bond donors (Lipinski definition) is 2. The predicted molar refractivity (Wildman–Crippen MR) is 99.7 cm³/mol. The van der Waals surface area contributed by atoms with Gasteiger partial charge in [0.15, 0.2) is 0 Å². The summed E-state index contributed by atoms with van der Waals surface area (Å²) in [5, 5.41) is 13.8. The summed E-state index contributed by atoms with van der Waals surface area (Å²) in [7, 11) is 0. The maximum atomic E-state index is 10.2. The number of aromatic hydroxyl groups is 1. The van der Waals surface area contributed by atoms with E-state index in [-0.39, 0.29) is 12.2 Å². The molecule has 3 rings (SSSR count). The number of hydrogen-bond acceptors (Lipinski definition) is 3. The highest BCUT2D eigenvalue weighted by atomic mass is 16.3. The summed E-state index contributed by atoms with van der Waals surface area (Å²) in [4.78, 5) is 4.93. The zero-order valence-corrected chi connectivity index (χ0v) is 14.5. The number of phenols is 1. The van der Waals surface area contributed by atoms with Gasteiger partial charge in [-0.05, 0) is 30.0 Å². The van der Waals surface area contributed by atoms with E-state index in [1.54, 1.807) is 6.07 Å². The van der Waals surface area contributed by atoms with Crippen molar-refractivity contribution in [3.63, 3.8) is 0 Å². The third-order valence-electron chi connectivity index (χ3n) is 4.67. The molecule has 0 amide bonds. The Morgan fingerprint density at radius 3 is 2.50 bits per heavy atom. The smallest absolute Gasteiger partial charge is 0.120 e. The van der Waals surface area contributed by atoms with Crippen molar-refractivity contribution >= 4 is 5.71 Å². The van der Waals surface area contributed by atoms with Crippen molar-refractivity contribution in [1.29, 1.82) is 0 Å². The molecule has 1 aliphatic rings. The predicted octanol–water partition coefficient (Wildman–Crippen LogP) is 4.60. The largest absolute Gasteiger partial charge is 0.508 e. The molecular weight excluding hydrogens is 296 g/mol. The molecule has 0 radical (unpaired) electrons. The first kappa shape index (κ1) is 16.7. The average Bonchev–Trinajstić information content (AvgIpc) is 2.62. The number of phenolic OH excluding ortho intramolecular Hbond substituents is 1. The van der Waals surface area contributed by atoms with Gasteiger partial charge in [0, 0.05) is 23.7 Å². The Kier molecular flexibility index (Phi) is 5.31. The Labute approximate surface area is 144 Å². The van der Waals surface area contributed by atoms with E-state index in [1.807, 2.05) is 18.2 Å². The summed E-state index contributed by atoms with van der Waals surface area (Å²) < 4.78 is 0. The molecule has 0 fully saturated rings. The van der Waals surface area contributed by atoms with Crippen molar-refractivity contribution < 1.29 is 5.11 Å². The highest BCUT2D eigenvalue weighted by Gasteiger charge is 2.26. The van der Waals surface area contributed by atoms with Crippen molar-refractivity contribution in [2.45, 2.75) is 51.7 Å². The number of para-hydroxylation sites is 1. The zero-order chi connectivity index (χ0) is 16.9. The third kappa shape index (κ3) is 3.68. The molecule has 2 aromatic carbocycles. The van der Waals surface area contributed by atoms with Crippen LogP contribution in [0.2, 0.25) is 0 Å². The van der Waals surface area contributed by atoms with Gasteiger partial charge in [-0.3, -0.25) is 10.3 Å². The molecule has 0 saturated carbocycles. The third-order valence-corrected chi connectivity index (χ3v) is 4.67. The minimum atomic E-state index is 0.0982. The second-order valence-electron chi connectivity index (χ2n) is 6.41. The Morgan fingerprint density at radius 1 is 1.08 bits per heavy atom. The average molecular weight is 322 g/mol. The summed E-state index contributed by atoms with van der Waals surface area (Å²) in [6.07, 6.45) is 4.03. The molecule has 2 aromatic rings. The molecule has 0 aromatic heterocycles. The molecule has 2 N–H and O–H groups in total. The Bertz CT molecular complexity index is 706. The standard InChI is InChI=1S/C21H26N2O/c1-3-7-21-22-18(16-12-10-15(4-2)11-13-16)14-19(23-21)17-8-5-6-9-20(17)24/h5-6,8-13,19,21,23-24H,3-4,7,14H2,1-2H3. The minimum absolute atomic E-state index is 0.0982. The van der Waals surface area contributed by atoms with Crippen molar-refractivity contribution in [3.05, 3.63) is 65.2 Å². The Morgan fingerprint density at radius 2 is 1.83 bits per heavy atom. The van der Waals surface area contributed by atoms with Crippen LogP contribution in [0.15, 0.2) is 53.5 Å². The second kappa shape index (κ2) is 7.63. The van der Waals surface area contributed by atoms with Crippen LogP contribution in [0.4, 0.5) is 0 Å². The van der Waals surface area contributed by atoms with Gasteiger partial charge in [-0.2, -0.15) is 0 Å². The van der Waals surface area contributed by atoms with Crippen LogP contribution in [-0.2, 0) is 6.42 Å². The van der Waals surface area contributed by atoms with Crippen molar-refractivity contribution in [2.75, 3.05) is 0 Å². The monoisotopic (exact) mass is 322 g/mol. The lowest BCUT2D eigenvalue weighted by molar-refractivity contribution is 0.391. The van der Waals surface area contributed by atoms with Crippen LogP contribution in [-0.4, -0.2) is 17.0 Å². The lowest BCUT2D eigenvalue weighted by Crippen LogP contribution is -2.38. The lowest BCUT2D eigenvalue weighted by atomic mass is 9.93. The van der Waals surface area contributed by atoms with Gasteiger partial charge in [-0.1, -0.05) is 62.7 Å². The Balaban J connectivity index is 1.90. The number of nitrogens with one attached hydrogen (secondary N) is 1. The van der Waals surface area contributed by atoms with Gasteiger partial charge < -0.3 is 5.11 Å². The summed E-state index contributed by atoms with van der Waals surface area (Å²) >= 11 is 0. The van der Waals surface area contributed by atoms with E-state index in [0.29, 0.717) is 5.75 Å². The van der Waals surface area contributed by atoms with Crippen LogP contribution in [0, 0.1) is 0 Å². The quantitative estimate of drug-likeness (QED) is 0.844. The molecule has 0 aliphatic carbocycles. The fraction of sp³-hybridized carbons (Fsp3) is 0.381. The van der Waals surface area contributed by atoms with E-state index in [2.05, 4.69) is 43.4 Å². The first-order valence-electron chi connectivity index (χ1n) is 8.91. The summed E-state index contributed by atoms with van der Waals surface area (Å²) in [5.74, 6) is 0.354. The molecule has 1 aliphatic heterocycles. The number of aryl methyl sites for hydroxylation is 1. The van der Waals surface area contributed by atoms with Gasteiger partial charge in [-0.25, -0.2) is 0 Å². The van der Waals surface area contributed by atoms with E-state index in [0.717, 1.165) is 37.0 Å². The summed E-state index contributed by atoms with van der Waals surface area (Å²) in [6, 6.07) is 16.4. The van der Waals surface area contributed by atoms with Gasteiger partial charge in [0.05, 0.1) is 0 Å². The molecule has 1 heterocycles. The van der Waals surface area contributed by atoms with Gasteiger partial charge in [0.25, 0.3) is 0 Å². The van der Waals surface area contributed by atoms with Crippen molar-refractivity contribution in [3.8, 4) is 5.75 Å². The van der Waals surface area contributed by atoms with Crippen LogP contribution >= 0.6 is 0 Å². The molecule has 0 bridgehead atoms. The van der Waals surface area contributed by atoms with E-state index < -0.39 is 0 Å². The molecule has 126 valence electrons. The highest BCUT2D eigenvalue weighted by Crippen LogP contribution is 2.31. The van der Waals surface area contributed by atoms with Crippen LogP contribution in [0.5, 0.6) is 5.75 Å². The molecule has 3 heteroatoms. The normalized spacial score (nSPS) is 20.7.